The maximum Gasteiger partial charge on any atom is 0.433 e. The second-order valence-electron chi connectivity index (χ2n) is 7.86. The highest BCUT2D eigenvalue weighted by atomic mass is 32.1. The van der Waals surface area contributed by atoms with Crippen LogP contribution in [0, 0.1) is 11.8 Å². The minimum Gasteiger partial charge on any atom is -0.356 e. The Hall–Kier alpha value is -2.26. The van der Waals surface area contributed by atoms with Gasteiger partial charge in [-0.15, -0.1) is 0 Å². The lowest BCUT2D eigenvalue weighted by Crippen LogP contribution is -2.35. The number of pyridine rings is 1. The van der Waals surface area contributed by atoms with Crippen molar-refractivity contribution in [3.05, 3.63) is 47.7 Å². The van der Waals surface area contributed by atoms with Gasteiger partial charge in [0.25, 0.3) is 0 Å². The zero-order chi connectivity index (χ0) is 20.0. The van der Waals surface area contributed by atoms with E-state index in [0.29, 0.717) is 23.7 Å². The van der Waals surface area contributed by atoms with Gasteiger partial charge in [-0.25, -0.2) is 4.98 Å². The van der Waals surface area contributed by atoms with Crippen molar-refractivity contribution in [2.24, 2.45) is 11.8 Å². The molecule has 2 fully saturated rings. The average molecular weight is 419 g/mol. The molecule has 1 saturated heterocycles. The highest BCUT2D eigenvalue weighted by Crippen LogP contribution is 2.40. The van der Waals surface area contributed by atoms with E-state index in [9.17, 15) is 13.2 Å². The lowest BCUT2D eigenvalue weighted by molar-refractivity contribution is -0.141. The standard InChI is InChI=1S/C20H20F3N5S/c21-20(22,23)18-2-1-3-19(25-18)28-10-13-5-7-15(14(13)11-28)24-9-12-4-6-16-17(8-12)27-29-26-16/h1-4,6,8,13-15,24H,5,7,9-11H2/t13-,14+,15+/m1/s1. The number of nitrogens with zero attached hydrogens (tertiary/aromatic N) is 4. The molecule has 0 radical (unpaired) electrons. The van der Waals surface area contributed by atoms with Gasteiger partial charge in [-0.05, 0) is 54.5 Å². The molecule has 9 heteroatoms. The summed E-state index contributed by atoms with van der Waals surface area (Å²) in [5.41, 5.74) is 2.18. The van der Waals surface area contributed by atoms with E-state index in [-0.39, 0.29) is 0 Å². The molecule has 1 aromatic carbocycles. The maximum atomic E-state index is 13.0. The molecule has 1 aliphatic carbocycles. The third-order valence-corrected chi connectivity index (χ3v) is 6.65. The summed E-state index contributed by atoms with van der Waals surface area (Å²) in [7, 11) is 0. The van der Waals surface area contributed by atoms with Crippen LogP contribution in [0.2, 0.25) is 0 Å². The van der Waals surface area contributed by atoms with Crippen molar-refractivity contribution < 1.29 is 13.2 Å². The molecular formula is C20H20F3N5S. The molecule has 2 aromatic heterocycles. The fourth-order valence-electron chi connectivity index (χ4n) is 4.65. The molecule has 5 nitrogen and oxygen atoms in total. The van der Waals surface area contributed by atoms with Gasteiger partial charge in [-0.2, -0.15) is 21.9 Å². The van der Waals surface area contributed by atoms with E-state index in [4.69, 9.17) is 0 Å². The van der Waals surface area contributed by atoms with Gasteiger partial charge in [0.05, 0.1) is 11.7 Å². The number of rotatable bonds is 4. The highest BCUT2D eigenvalue weighted by molar-refractivity contribution is 7.00. The monoisotopic (exact) mass is 419 g/mol. The van der Waals surface area contributed by atoms with Crippen LogP contribution in [0.4, 0.5) is 19.0 Å². The lowest BCUT2D eigenvalue weighted by Gasteiger charge is -2.23. The summed E-state index contributed by atoms with van der Waals surface area (Å²) < 4.78 is 47.5. The Balaban J connectivity index is 1.25. The van der Waals surface area contributed by atoms with Crippen molar-refractivity contribution in [2.45, 2.75) is 31.6 Å². The van der Waals surface area contributed by atoms with Crippen LogP contribution in [0.3, 0.4) is 0 Å². The zero-order valence-corrected chi connectivity index (χ0v) is 16.4. The number of halogens is 3. The zero-order valence-electron chi connectivity index (χ0n) is 15.6. The lowest BCUT2D eigenvalue weighted by atomic mass is 9.97. The first-order valence-corrected chi connectivity index (χ1v) is 10.4. The number of alkyl halides is 3. The molecule has 5 rings (SSSR count). The molecule has 3 heterocycles. The first-order valence-electron chi connectivity index (χ1n) is 9.71. The van der Waals surface area contributed by atoms with Gasteiger partial charge in [0, 0.05) is 25.7 Å². The second-order valence-corrected chi connectivity index (χ2v) is 8.39. The quantitative estimate of drug-likeness (QED) is 0.690. The van der Waals surface area contributed by atoms with Crippen molar-refractivity contribution in [2.75, 3.05) is 18.0 Å². The third-order valence-electron chi connectivity index (χ3n) is 6.09. The first-order chi connectivity index (χ1) is 14.0. The Kier molecular flexibility index (Phi) is 4.66. The minimum atomic E-state index is -4.41. The second kappa shape index (κ2) is 7.21. The van der Waals surface area contributed by atoms with E-state index in [2.05, 4.69) is 31.2 Å². The van der Waals surface area contributed by atoms with E-state index in [1.165, 1.54) is 23.4 Å². The van der Waals surface area contributed by atoms with Crippen LogP contribution < -0.4 is 10.2 Å². The number of aromatic nitrogens is 3. The Bertz CT molecular complexity index is 1020. The van der Waals surface area contributed by atoms with Crippen molar-refractivity contribution >= 4 is 28.6 Å². The number of hydrogen-bond acceptors (Lipinski definition) is 6. The van der Waals surface area contributed by atoms with E-state index in [0.717, 1.165) is 49.6 Å². The molecule has 3 atom stereocenters. The van der Waals surface area contributed by atoms with Gasteiger partial charge in [0.15, 0.2) is 0 Å². The molecular weight excluding hydrogens is 399 g/mol. The van der Waals surface area contributed by atoms with Crippen molar-refractivity contribution in [3.63, 3.8) is 0 Å². The number of anilines is 1. The third kappa shape index (κ3) is 3.69. The van der Waals surface area contributed by atoms with Crippen LogP contribution in [-0.4, -0.2) is 32.9 Å². The summed E-state index contributed by atoms with van der Waals surface area (Å²) in [6.45, 7) is 2.27. The van der Waals surface area contributed by atoms with Crippen LogP contribution in [0.5, 0.6) is 0 Å². The Morgan fingerprint density at radius 3 is 2.79 bits per heavy atom. The molecule has 1 aliphatic heterocycles. The topological polar surface area (TPSA) is 53.9 Å². The van der Waals surface area contributed by atoms with Gasteiger partial charge < -0.3 is 10.2 Å². The molecule has 3 aromatic rings. The van der Waals surface area contributed by atoms with Crippen LogP contribution >= 0.6 is 11.7 Å². The van der Waals surface area contributed by atoms with Crippen molar-refractivity contribution in [1.29, 1.82) is 0 Å². The van der Waals surface area contributed by atoms with Crippen LogP contribution in [0.15, 0.2) is 36.4 Å². The smallest absolute Gasteiger partial charge is 0.356 e. The molecule has 2 aliphatic rings. The number of fused-ring (bicyclic) bond motifs is 2. The van der Waals surface area contributed by atoms with Crippen LogP contribution in [0.25, 0.3) is 11.0 Å². The summed E-state index contributed by atoms with van der Waals surface area (Å²) in [6, 6.07) is 10.6. The summed E-state index contributed by atoms with van der Waals surface area (Å²) in [4.78, 5) is 5.87. The van der Waals surface area contributed by atoms with Gasteiger partial charge in [-0.3, -0.25) is 0 Å². The predicted molar refractivity (Wildman–Crippen MR) is 106 cm³/mol. The van der Waals surface area contributed by atoms with E-state index >= 15 is 0 Å². The summed E-state index contributed by atoms with van der Waals surface area (Å²) in [5, 5.41) is 3.66. The number of hydrogen-bond donors (Lipinski definition) is 1. The van der Waals surface area contributed by atoms with E-state index in [1.54, 1.807) is 6.07 Å². The molecule has 29 heavy (non-hydrogen) atoms. The maximum absolute atomic E-state index is 13.0. The van der Waals surface area contributed by atoms with Crippen molar-refractivity contribution in [1.82, 2.24) is 19.0 Å². The molecule has 0 amide bonds. The first kappa shape index (κ1) is 18.7. The van der Waals surface area contributed by atoms with E-state index < -0.39 is 11.9 Å². The predicted octanol–water partition coefficient (Wildman–Crippen LogP) is 4.11. The van der Waals surface area contributed by atoms with Gasteiger partial charge in [-0.1, -0.05) is 12.1 Å². The highest BCUT2D eigenvalue weighted by Gasteiger charge is 2.43. The Morgan fingerprint density at radius 2 is 1.93 bits per heavy atom. The van der Waals surface area contributed by atoms with E-state index in [1.807, 2.05) is 11.0 Å². The molecule has 152 valence electrons. The Labute approximate surface area is 170 Å². The molecule has 1 N–H and O–H groups in total. The van der Waals surface area contributed by atoms with Gasteiger partial charge in [0.2, 0.25) is 0 Å². The largest absolute Gasteiger partial charge is 0.433 e. The molecule has 0 unspecified atom stereocenters. The van der Waals surface area contributed by atoms with Crippen LogP contribution in [-0.2, 0) is 12.7 Å². The number of nitrogens with one attached hydrogen (secondary N) is 1. The normalized spacial score (nSPS) is 24.4. The van der Waals surface area contributed by atoms with Gasteiger partial charge >= 0.3 is 6.18 Å². The SMILES string of the molecule is FC(F)(F)c1cccc(N2C[C@H]3CC[C@H](NCc4ccc5nsnc5c4)[C@H]3C2)n1. The molecule has 0 bridgehead atoms. The molecule has 0 spiro atoms. The number of benzene rings is 1. The van der Waals surface area contributed by atoms with Gasteiger partial charge in [0.1, 0.15) is 22.5 Å². The average Bonchev–Trinajstić information content (AvgIpc) is 3.41. The summed E-state index contributed by atoms with van der Waals surface area (Å²) in [5.74, 6) is 1.35. The fourth-order valence-corrected chi connectivity index (χ4v) is 5.17. The van der Waals surface area contributed by atoms with Crippen molar-refractivity contribution in [3.8, 4) is 0 Å². The van der Waals surface area contributed by atoms with Crippen LogP contribution in [0.1, 0.15) is 24.1 Å². The molecule has 1 saturated carbocycles. The summed E-state index contributed by atoms with van der Waals surface area (Å²) in [6.07, 6.45) is -2.23. The Morgan fingerprint density at radius 1 is 1.07 bits per heavy atom. The summed E-state index contributed by atoms with van der Waals surface area (Å²) >= 11 is 1.22. The fraction of sp³-hybridized carbons (Fsp3) is 0.450. The minimum absolute atomic E-state index is 0.361.